The Morgan fingerprint density at radius 2 is 1.78 bits per heavy atom. The first kappa shape index (κ1) is 21.8. The monoisotopic (exact) mass is 454 g/mol. The molecular weight excluding hydrogens is 432 g/mol. The van der Waals surface area contributed by atoms with Crippen molar-refractivity contribution in [3.8, 4) is 23.0 Å². The average molecular weight is 455 g/mol. The van der Waals surface area contributed by atoms with Crippen molar-refractivity contribution in [3.05, 3.63) is 54.1 Å². The standard InChI is InChI=1S/C22H23ClN6O3/c1-22(2,3)32-21(30)29-12-16(13-29)27-19-11-24-10-18(28-19)14-8-25-20(26-9-14)31-17-6-4-15(23)5-7-17/h4-11,16H,12-13H2,1-3H3,(H,27,28). The number of ether oxygens (including phenoxy) is 2. The van der Waals surface area contributed by atoms with Gasteiger partial charge in [-0.15, -0.1) is 0 Å². The molecule has 10 heteroatoms. The van der Waals surface area contributed by atoms with Gasteiger partial charge in [-0.25, -0.2) is 19.7 Å². The Hall–Kier alpha value is -3.46. The van der Waals surface area contributed by atoms with Gasteiger partial charge in [-0.2, -0.15) is 0 Å². The fourth-order valence-electron chi connectivity index (χ4n) is 2.94. The molecule has 1 saturated heterocycles. The van der Waals surface area contributed by atoms with Gasteiger partial charge in [0.1, 0.15) is 17.2 Å². The first-order chi connectivity index (χ1) is 15.2. The molecule has 166 valence electrons. The van der Waals surface area contributed by atoms with Crippen LogP contribution in [0, 0.1) is 0 Å². The molecule has 4 rings (SSSR count). The second kappa shape index (κ2) is 8.96. The highest BCUT2D eigenvalue weighted by Gasteiger charge is 2.33. The largest absolute Gasteiger partial charge is 0.444 e. The molecule has 1 aromatic carbocycles. The number of carbonyl (C=O) groups excluding carboxylic acids is 1. The van der Waals surface area contributed by atoms with E-state index in [1.807, 2.05) is 20.8 Å². The summed E-state index contributed by atoms with van der Waals surface area (Å²) in [6.07, 6.45) is 6.21. The van der Waals surface area contributed by atoms with E-state index in [0.29, 0.717) is 40.9 Å². The fraction of sp³-hybridized carbons (Fsp3) is 0.318. The summed E-state index contributed by atoms with van der Waals surface area (Å²) in [6, 6.07) is 7.24. The maximum absolute atomic E-state index is 12.1. The number of anilines is 1. The van der Waals surface area contributed by atoms with Gasteiger partial charge in [0.2, 0.25) is 0 Å². The SMILES string of the molecule is CC(C)(C)OC(=O)N1CC(Nc2cncc(-c3cnc(Oc4ccc(Cl)cc4)nc3)n2)C1. The number of likely N-dealkylation sites (tertiary alicyclic amines) is 1. The lowest BCUT2D eigenvalue weighted by molar-refractivity contribution is 0.0104. The maximum atomic E-state index is 12.1. The second-order valence-electron chi connectivity index (χ2n) is 8.33. The molecule has 32 heavy (non-hydrogen) atoms. The van der Waals surface area contributed by atoms with Gasteiger partial charge >= 0.3 is 12.1 Å². The summed E-state index contributed by atoms with van der Waals surface area (Å²) in [7, 11) is 0. The Bertz CT molecular complexity index is 1080. The molecule has 1 N–H and O–H groups in total. The number of hydrogen-bond donors (Lipinski definition) is 1. The number of nitrogens with one attached hydrogen (secondary N) is 1. The van der Waals surface area contributed by atoms with E-state index in [4.69, 9.17) is 21.1 Å². The van der Waals surface area contributed by atoms with E-state index < -0.39 is 5.60 Å². The molecule has 3 heterocycles. The minimum Gasteiger partial charge on any atom is -0.444 e. The molecule has 0 saturated carbocycles. The average Bonchev–Trinajstić information content (AvgIpc) is 2.71. The summed E-state index contributed by atoms with van der Waals surface area (Å²) in [5.74, 6) is 1.20. The number of benzene rings is 1. The normalized spacial score (nSPS) is 13.9. The zero-order valence-corrected chi connectivity index (χ0v) is 18.7. The molecule has 0 spiro atoms. The third kappa shape index (κ3) is 5.61. The fourth-order valence-corrected chi connectivity index (χ4v) is 3.06. The maximum Gasteiger partial charge on any atom is 0.410 e. The van der Waals surface area contributed by atoms with E-state index >= 15 is 0 Å². The molecule has 1 aliphatic heterocycles. The molecule has 1 amide bonds. The van der Waals surface area contributed by atoms with Crippen LogP contribution in [0.2, 0.25) is 5.02 Å². The van der Waals surface area contributed by atoms with Crippen LogP contribution in [0.25, 0.3) is 11.3 Å². The lowest BCUT2D eigenvalue weighted by Gasteiger charge is -2.40. The molecule has 2 aromatic heterocycles. The van der Waals surface area contributed by atoms with E-state index in [2.05, 4.69) is 25.3 Å². The molecule has 3 aromatic rings. The third-order valence-corrected chi connectivity index (χ3v) is 4.72. The molecule has 0 aliphatic carbocycles. The molecule has 0 atom stereocenters. The minimum atomic E-state index is -0.507. The molecule has 0 unspecified atom stereocenters. The number of amides is 1. The van der Waals surface area contributed by atoms with Crippen LogP contribution in [-0.2, 0) is 4.74 Å². The molecule has 0 radical (unpaired) electrons. The van der Waals surface area contributed by atoms with Crippen molar-refractivity contribution in [1.29, 1.82) is 0 Å². The van der Waals surface area contributed by atoms with Crippen molar-refractivity contribution < 1.29 is 14.3 Å². The van der Waals surface area contributed by atoms with Crippen LogP contribution >= 0.6 is 11.6 Å². The van der Waals surface area contributed by atoms with Gasteiger partial charge in [0.05, 0.1) is 24.1 Å². The first-order valence-electron chi connectivity index (χ1n) is 10.1. The van der Waals surface area contributed by atoms with Crippen LogP contribution in [0.15, 0.2) is 49.1 Å². The van der Waals surface area contributed by atoms with Gasteiger partial charge in [0.15, 0.2) is 0 Å². The number of carbonyl (C=O) groups is 1. The highest BCUT2D eigenvalue weighted by Crippen LogP contribution is 2.23. The van der Waals surface area contributed by atoms with Gasteiger partial charge in [0, 0.05) is 36.1 Å². The van der Waals surface area contributed by atoms with Crippen LogP contribution in [0.3, 0.4) is 0 Å². The van der Waals surface area contributed by atoms with E-state index in [1.165, 1.54) is 0 Å². The summed E-state index contributed by atoms with van der Waals surface area (Å²) in [5.41, 5.74) is 0.817. The van der Waals surface area contributed by atoms with Crippen LogP contribution in [-0.4, -0.2) is 55.7 Å². The van der Waals surface area contributed by atoms with Crippen molar-refractivity contribution in [1.82, 2.24) is 24.8 Å². The topological polar surface area (TPSA) is 102 Å². The van der Waals surface area contributed by atoms with Gasteiger partial charge in [-0.05, 0) is 45.0 Å². The molecule has 1 fully saturated rings. The quantitative estimate of drug-likeness (QED) is 0.604. The summed E-state index contributed by atoms with van der Waals surface area (Å²) in [6.45, 7) is 6.63. The Balaban J connectivity index is 1.34. The smallest absolute Gasteiger partial charge is 0.410 e. The van der Waals surface area contributed by atoms with Gasteiger partial charge < -0.3 is 19.7 Å². The Kier molecular flexibility index (Phi) is 6.09. The lowest BCUT2D eigenvalue weighted by Crippen LogP contribution is -2.58. The number of nitrogens with zero attached hydrogens (tertiary/aromatic N) is 5. The van der Waals surface area contributed by atoms with Crippen LogP contribution in [0.1, 0.15) is 20.8 Å². The van der Waals surface area contributed by atoms with E-state index in [9.17, 15) is 4.79 Å². The van der Waals surface area contributed by atoms with E-state index in [-0.39, 0.29) is 18.1 Å². The highest BCUT2D eigenvalue weighted by molar-refractivity contribution is 6.30. The molecule has 1 aliphatic rings. The summed E-state index contributed by atoms with van der Waals surface area (Å²) >= 11 is 5.88. The van der Waals surface area contributed by atoms with Crippen LogP contribution in [0.4, 0.5) is 10.6 Å². The zero-order chi connectivity index (χ0) is 22.7. The third-order valence-electron chi connectivity index (χ3n) is 4.47. The van der Waals surface area contributed by atoms with Crippen LogP contribution in [0.5, 0.6) is 11.8 Å². The summed E-state index contributed by atoms with van der Waals surface area (Å²) in [4.78, 5) is 31.0. The predicted molar refractivity (Wildman–Crippen MR) is 120 cm³/mol. The lowest BCUT2D eigenvalue weighted by atomic mass is 10.1. The van der Waals surface area contributed by atoms with Crippen molar-refractivity contribution in [2.75, 3.05) is 18.4 Å². The van der Waals surface area contributed by atoms with Gasteiger partial charge in [0.25, 0.3) is 0 Å². The van der Waals surface area contributed by atoms with Gasteiger partial charge in [-0.3, -0.25) is 4.98 Å². The summed E-state index contributed by atoms with van der Waals surface area (Å²) in [5, 5.41) is 3.91. The van der Waals surface area contributed by atoms with E-state index in [1.54, 1.807) is 54.0 Å². The van der Waals surface area contributed by atoms with Crippen molar-refractivity contribution in [3.63, 3.8) is 0 Å². The van der Waals surface area contributed by atoms with Crippen molar-refractivity contribution in [2.45, 2.75) is 32.4 Å². The Morgan fingerprint density at radius 1 is 1.09 bits per heavy atom. The Labute approximate surface area is 190 Å². The Morgan fingerprint density at radius 3 is 2.44 bits per heavy atom. The van der Waals surface area contributed by atoms with Gasteiger partial charge in [-0.1, -0.05) is 11.6 Å². The second-order valence-corrected chi connectivity index (χ2v) is 8.76. The first-order valence-corrected chi connectivity index (χ1v) is 10.5. The van der Waals surface area contributed by atoms with Crippen molar-refractivity contribution in [2.24, 2.45) is 0 Å². The molecule has 0 bridgehead atoms. The van der Waals surface area contributed by atoms with Crippen molar-refractivity contribution >= 4 is 23.5 Å². The number of aromatic nitrogens is 4. The predicted octanol–water partition coefficient (Wildman–Crippen LogP) is 4.41. The minimum absolute atomic E-state index is 0.0819. The number of hydrogen-bond acceptors (Lipinski definition) is 8. The highest BCUT2D eigenvalue weighted by atomic mass is 35.5. The molecule has 9 nitrogen and oxygen atoms in total. The number of rotatable bonds is 5. The van der Waals surface area contributed by atoms with E-state index in [0.717, 1.165) is 0 Å². The summed E-state index contributed by atoms with van der Waals surface area (Å²) < 4.78 is 11.0. The number of halogens is 1. The zero-order valence-electron chi connectivity index (χ0n) is 17.9. The van der Waals surface area contributed by atoms with Crippen LogP contribution < -0.4 is 10.1 Å². The molecular formula is C22H23ClN6O3.